The molecule has 0 radical (unpaired) electrons. The predicted molar refractivity (Wildman–Crippen MR) is 132 cm³/mol. The molecule has 2 aliphatic rings. The first kappa shape index (κ1) is 24.0. The second kappa shape index (κ2) is 8.91. The number of cyclic esters (lactones) is 1. The van der Waals surface area contributed by atoms with E-state index in [0.717, 1.165) is 52.1 Å². The molecule has 2 aliphatic heterocycles. The number of allylic oxidation sites excluding steroid dienone is 4. The molecule has 6 nitrogen and oxygen atoms in total. The number of benzene rings is 1. The summed E-state index contributed by atoms with van der Waals surface area (Å²) in [5, 5.41) is 10.4. The fourth-order valence-corrected chi connectivity index (χ4v) is 4.82. The molecule has 4 rings (SSSR count). The van der Waals surface area contributed by atoms with Gasteiger partial charge >= 0.3 is 5.97 Å². The number of esters is 1. The van der Waals surface area contributed by atoms with Gasteiger partial charge in [0.15, 0.2) is 6.10 Å². The lowest BCUT2D eigenvalue weighted by atomic mass is 9.89. The van der Waals surface area contributed by atoms with E-state index in [4.69, 9.17) is 9.47 Å². The number of hydrogen-bond acceptors (Lipinski definition) is 5. The van der Waals surface area contributed by atoms with Gasteiger partial charge in [0.1, 0.15) is 18.0 Å². The summed E-state index contributed by atoms with van der Waals surface area (Å²) in [6.45, 7) is 12.7. The largest absolute Gasteiger partial charge is 0.488 e. The fraction of sp³-hybridized carbons (Fsp3) is 0.429. The highest BCUT2D eigenvalue weighted by Crippen LogP contribution is 2.41. The Morgan fingerprint density at radius 2 is 1.97 bits per heavy atom. The Labute approximate surface area is 200 Å². The van der Waals surface area contributed by atoms with Crippen LogP contribution >= 0.6 is 0 Å². The summed E-state index contributed by atoms with van der Waals surface area (Å²) in [6, 6.07) is 7.94. The third kappa shape index (κ3) is 4.23. The van der Waals surface area contributed by atoms with E-state index < -0.39 is 12.1 Å². The number of fused-ring (bicyclic) bond motifs is 2. The molecule has 34 heavy (non-hydrogen) atoms. The normalized spacial score (nSPS) is 20.1. The minimum absolute atomic E-state index is 0.109. The number of ether oxygens (including phenoxy) is 2. The molecule has 180 valence electrons. The van der Waals surface area contributed by atoms with Gasteiger partial charge in [-0.2, -0.15) is 0 Å². The lowest BCUT2D eigenvalue weighted by Gasteiger charge is -2.23. The monoisotopic (exact) mass is 463 g/mol. The Bertz CT molecular complexity index is 1270. The smallest absolute Gasteiger partial charge is 0.340 e. The standard InChI is InChI=1S/C28H33NO5/c1-7-9-19-22(18(8-2)20-12-17(11-10-16(20)3)34-28(4,5)6)14-29-24(19)13-21-23(26(29)31)15-33-27(32)25(21)30/h9-13,25,30H,7-8,14-15H2,1-6H3/b19-9-,22-18-. The van der Waals surface area contributed by atoms with Crippen LogP contribution in [0.2, 0.25) is 0 Å². The third-order valence-electron chi connectivity index (χ3n) is 6.31. The van der Waals surface area contributed by atoms with Gasteiger partial charge in [0.05, 0.1) is 17.8 Å². The van der Waals surface area contributed by atoms with Crippen molar-refractivity contribution in [2.75, 3.05) is 0 Å². The summed E-state index contributed by atoms with van der Waals surface area (Å²) >= 11 is 0. The highest BCUT2D eigenvalue weighted by Gasteiger charge is 2.34. The SMILES string of the molecule is CC/C=C1/C(=C(/CC)c2cc(OC(C)(C)C)ccc2C)Cn2c1cc1c(c2=O)COC(=O)C1O. The number of carbonyl (C=O) groups excluding carboxylic acids is 1. The summed E-state index contributed by atoms with van der Waals surface area (Å²) in [4.78, 5) is 25.3. The number of nitrogens with zero attached hydrogens (tertiary/aromatic N) is 1. The van der Waals surface area contributed by atoms with E-state index in [2.05, 4.69) is 39.0 Å². The van der Waals surface area contributed by atoms with Crippen molar-refractivity contribution in [3.8, 4) is 5.75 Å². The minimum Gasteiger partial charge on any atom is -0.488 e. The van der Waals surface area contributed by atoms with E-state index in [0.29, 0.717) is 17.7 Å². The second-order valence-corrected chi connectivity index (χ2v) is 9.89. The average molecular weight is 464 g/mol. The van der Waals surface area contributed by atoms with Gasteiger partial charge in [-0.05, 0) is 86.6 Å². The van der Waals surface area contributed by atoms with Crippen LogP contribution in [0.5, 0.6) is 5.75 Å². The molecule has 1 unspecified atom stereocenters. The zero-order valence-electron chi connectivity index (χ0n) is 20.8. The van der Waals surface area contributed by atoms with Gasteiger partial charge in [-0.15, -0.1) is 0 Å². The van der Waals surface area contributed by atoms with Crippen molar-refractivity contribution in [3.63, 3.8) is 0 Å². The van der Waals surface area contributed by atoms with E-state index in [1.54, 1.807) is 10.6 Å². The maximum Gasteiger partial charge on any atom is 0.340 e. The van der Waals surface area contributed by atoms with Gasteiger partial charge in [0.2, 0.25) is 0 Å². The Morgan fingerprint density at radius 3 is 2.62 bits per heavy atom. The first-order valence-corrected chi connectivity index (χ1v) is 11.9. The van der Waals surface area contributed by atoms with E-state index in [-0.39, 0.29) is 17.8 Å². The van der Waals surface area contributed by atoms with E-state index in [9.17, 15) is 14.7 Å². The van der Waals surface area contributed by atoms with Crippen LogP contribution in [0.3, 0.4) is 0 Å². The van der Waals surface area contributed by atoms with Gasteiger partial charge < -0.3 is 19.1 Å². The van der Waals surface area contributed by atoms with Crippen molar-refractivity contribution in [2.24, 2.45) is 0 Å². The van der Waals surface area contributed by atoms with Gasteiger partial charge in [0.25, 0.3) is 5.56 Å². The maximum atomic E-state index is 13.4. The highest BCUT2D eigenvalue weighted by molar-refractivity contribution is 5.92. The molecular formula is C28H33NO5. The van der Waals surface area contributed by atoms with Crippen LogP contribution in [0.25, 0.3) is 11.1 Å². The van der Waals surface area contributed by atoms with Crippen LogP contribution in [0.15, 0.2) is 40.7 Å². The number of carbonyl (C=O) groups is 1. The van der Waals surface area contributed by atoms with Crippen LogP contribution in [-0.4, -0.2) is 21.2 Å². The molecule has 1 aromatic heterocycles. The molecule has 0 amide bonds. The predicted octanol–water partition coefficient (Wildman–Crippen LogP) is 5.10. The third-order valence-corrected chi connectivity index (χ3v) is 6.31. The second-order valence-electron chi connectivity index (χ2n) is 9.89. The molecule has 3 heterocycles. The molecule has 2 aromatic rings. The molecule has 1 atom stereocenters. The minimum atomic E-state index is -1.43. The molecule has 0 saturated heterocycles. The molecule has 0 fully saturated rings. The summed E-state index contributed by atoms with van der Waals surface area (Å²) in [5.74, 6) is 0.0924. The highest BCUT2D eigenvalue weighted by atomic mass is 16.5. The van der Waals surface area contributed by atoms with Gasteiger partial charge in [-0.3, -0.25) is 4.79 Å². The number of aliphatic hydroxyl groups is 1. The Morgan fingerprint density at radius 1 is 1.24 bits per heavy atom. The first-order valence-electron chi connectivity index (χ1n) is 11.9. The van der Waals surface area contributed by atoms with Crippen LogP contribution in [0, 0.1) is 6.92 Å². The average Bonchev–Trinajstić information content (AvgIpc) is 3.12. The number of aromatic nitrogens is 1. The van der Waals surface area contributed by atoms with Gasteiger partial charge in [-0.1, -0.05) is 26.0 Å². The van der Waals surface area contributed by atoms with Crippen molar-refractivity contribution in [3.05, 3.63) is 74.2 Å². The number of aliphatic hydroxyl groups excluding tert-OH is 1. The lowest BCUT2D eigenvalue weighted by molar-refractivity contribution is -0.157. The summed E-state index contributed by atoms with van der Waals surface area (Å²) < 4.78 is 12.9. The zero-order chi connectivity index (χ0) is 24.8. The molecule has 6 heteroatoms. The number of aryl methyl sites for hydroxylation is 1. The Kier molecular flexibility index (Phi) is 6.30. The Balaban J connectivity index is 1.91. The van der Waals surface area contributed by atoms with E-state index in [1.807, 2.05) is 26.8 Å². The quantitative estimate of drug-likeness (QED) is 0.639. The van der Waals surface area contributed by atoms with Crippen LogP contribution in [0.1, 0.15) is 81.5 Å². The van der Waals surface area contributed by atoms with Crippen LogP contribution in [-0.2, 0) is 22.7 Å². The molecule has 0 saturated carbocycles. The van der Waals surface area contributed by atoms with Crippen LogP contribution in [0.4, 0.5) is 0 Å². The molecule has 0 bridgehead atoms. The van der Waals surface area contributed by atoms with Crippen molar-refractivity contribution in [2.45, 2.75) is 79.2 Å². The summed E-state index contributed by atoms with van der Waals surface area (Å²) in [5.41, 5.74) is 6.37. The number of rotatable bonds is 4. The van der Waals surface area contributed by atoms with Crippen molar-refractivity contribution < 1.29 is 19.4 Å². The lowest BCUT2D eigenvalue weighted by Crippen LogP contribution is -2.32. The summed E-state index contributed by atoms with van der Waals surface area (Å²) in [7, 11) is 0. The number of hydrogen-bond donors (Lipinski definition) is 1. The van der Waals surface area contributed by atoms with Crippen molar-refractivity contribution in [1.82, 2.24) is 4.57 Å². The van der Waals surface area contributed by atoms with Crippen molar-refractivity contribution in [1.29, 1.82) is 0 Å². The molecule has 0 spiro atoms. The summed E-state index contributed by atoms with van der Waals surface area (Å²) in [6.07, 6.45) is 2.26. The zero-order valence-corrected chi connectivity index (χ0v) is 20.8. The van der Waals surface area contributed by atoms with Crippen molar-refractivity contribution >= 4 is 17.1 Å². The molecule has 1 aromatic carbocycles. The molecule has 1 N–H and O–H groups in total. The number of pyridine rings is 1. The molecular weight excluding hydrogens is 430 g/mol. The fourth-order valence-electron chi connectivity index (χ4n) is 4.82. The topological polar surface area (TPSA) is 77.8 Å². The first-order chi connectivity index (χ1) is 16.1. The Hall–Kier alpha value is -3.12. The van der Waals surface area contributed by atoms with Gasteiger partial charge in [0, 0.05) is 5.56 Å². The molecule has 0 aliphatic carbocycles. The van der Waals surface area contributed by atoms with Gasteiger partial charge in [-0.25, -0.2) is 4.79 Å². The maximum absolute atomic E-state index is 13.4. The van der Waals surface area contributed by atoms with Crippen LogP contribution < -0.4 is 10.3 Å². The van der Waals surface area contributed by atoms with E-state index in [1.165, 1.54) is 0 Å². The van der Waals surface area contributed by atoms with E-state index >= 15 is 0 Å².